The molecule has 6 heteroatoms. The number of amidine groups is 1. The number of hydrogen-bond acceptors (Lipinski definition) is 4. The quantitative estimate of drug-likeness (QED) is 0.388. The fraction of sp³-hybridized carbons (Fsp3) is 0.0714. The smallest absolute Gasteiger partial charge is 0.171 e. The zero-order chi connectivity index (χ0) is 14.5. The molecule has 0 fully saturated rings. The molecule has 0 amide bonds. The molecule has 5 nitrogen and oxygen atoms in total. The number of halogens is 1. The highest BCUT2D eigenvalue weighted by Crippen LogP contribution is 2.28. The van der Waals surface area contributed by atoms with E-state index in [1.54, 1.807) is 31.4 Å². The molecule has 2 aromatic rings. The van der Waals surface area contributed by atoms with Crippen LogP contribution >= 0.6 is 15.9 Å². The van der Waals surface area contributed by atoms with E-state index in [1.165, 1.54) is 0 Å². The third kappa shape index (κ3) is 3.21. The number of benzene rings is 2. The monoisotopic (exact) mass is 336 g/mol. The number of rotatable bonds is 4. The van der Waals surface area contributed by atoms with E-state index in [1.807, 2.05) is 18.2 Å². The molecule has 0 spiro atoms. The first-order valence-electron chi connectivity index (χ1n) is 5.73. The number of oxime groups is 1. The van der Waals surface area contributed by atoms with Crippen molar-refractivity contribution in [3.63, 3.8) is 0 Å². The van der Waals surface area contributed by atoms with Crippen LogP contribution in [0.15, 0.2) is 52.1 Å². The summed E-state index contributed by atoms with van der Waals surface area (Å²) in [6.45, 7) is 0. The minimum Gasteiger partial charge on any atom is -0.497 e. The first kappa shape index (κ1) is 14.2. The van der Waals surface area contributed by atoms with Crippen LogP contribution in [0.3, 0.4) is 0 Å². The zero-order valence-electron chi connectivity index (χ0n) is 10.7. The van der Waals surface area contributed by atoms with Crippen LogP contribution in [0, 0.1) is 0 Å². The standard InChI is InChI=1S/C14H13BrN2O3/c1-19-9-3-2-4-10(7-9)20-11-5-6-12(13(15)8-11)14(16)17-18/h2-8,18H,1H3,(H2,16,17). The van der Waals surface area contributed by atoms with Gasteiger partial charge in [-0.1, -0.05) is 11.2 Å². The van der Waals surface area contributed by atoms with Crippen molar-refractivity contribution in [3.05, 3.63) is 52.5 Å². The van der Waals surface area contributed by atoms with Gasteiger partial charge in [0.25, 0.3) is 0 Å². The van der Waals surface area contributed by atoms with Gasteiger partial charge < -0.3 is 20.4 Å². The SMILES string of the molecule is COc1cccc(Oc2ccc(/C(N)=N/O)c(Br)c2)c1. The van der Waals surface area contributed by atoms with Gasteiger partial charge in [-0.15, -0.1) is 0 Å². The summed E-state index contributed by atoms with van der Waals surface area (Å²) in [6, 6.07) is 12.5. The van der Waals surface area contributed by atoms with Crippen molar-refractivity contribution in [2.45, 2.75) is 0 Å². The second-order valence-electron chi connectivity index (χ2n) is 3.91. The average Bonchev–Trinajstić information content (AvgIpc) is 2.47. The Hall–Kier alpha value is -2.21. The molecule has 0 saturated carbocycles. The Morgan fingerprint density at radius 1 is 1.15 bits per heavy atom. The summed E-state index contributed by atoms with van der Waals surface area (Å²) in [5, 5.41) is 11.6. The average molecular weight is 337 g/mol. The van der Waals surface area contributed by atoms with Crippen molar-refractivity contribution in [2.24, 2.45) is 10.9 Å². The second-order valence-corrected chi connectivity index (χ2v) is 4.76. The molecule has 3 N–H and O–H groups in total. The Morgan fingerprint density at radius 3 is 2.50 bits per heavy atom. The first-order valence-corrected chi connectivity index (χ1v) is 6.52. The molecule has 0 saturated heterocycles. The molecule has 20 heavy (non-hydrogen) atoms. The highest BCUT2D eigenvalue weighted by molar-refractivity contribution is 9.10. The zero-order valence-corrected chi connectivity index (χ0v) is 12.3. The van der Waals surface area contributed by atoms with Gasteiger partial charge in [0.1, 0.15) is 17.2 Å². The van der Waals surface area contributed by atoms with Crippen LogP contribution in [0.5, 0.6) is 17.2 Å². The molecule has 0 aromatic heterocycles. The molecular weight excluding hydrogens is 324 g/mol. The lowest BCUT2D eigenvalue weighted by atomic mass is 10.2. The number of methoxy groups -OCH3 is 1. The van der Waals surface area contributed by atoms with E-state index in [2.05, 4.69) is 21.1 Å². The van der Waals surface area contributed by atoms with Crippen molar-refractivity contribution < 1.29 is 14.7 Å². The molecule has 104 valence electrons. The number of nitrogens with zero attached hydrogens (tertiary/aromatic N) is 1. The summed E-state index contributed by atoms with van der Waals surface area (Å²) in [7, 11) is 1.60. The summed E-state index contributed by atoms with van der Waals surface area (Å²) >= 11 is 3.35. The topological polar surface area (TPSA) is 77.1 Å². The van der Waals surface area contributed by atoms with Crippen LogP contribution < -0.4 is 15.2 Å². The lowest BCUT2D eigenvalue weighted by Gasteiger charge is -2.09. The van der Waals surface area contributed by atoms with Crippen LogP contribution in [-0.2, 0) is 0 Å². The summed E-state index contributed by atoms with van der Waals surface area (Å²) in [5.41, 5.74) is 6.14. The van der Waals surface area contributed by atoms with Gasteiger partial charge in [0.2, 0.25) is 0 Å². The van der Waals surface area contributed by atoms with Crippen LogP contribution in [0.1, 0.15) is 5.56 Å². The number of hydrogen-bond donors (Lipinski definition) is 2. The van der Waals surface area contributed by atoms with E-state index in [0.717, 1.165) is 5.75 Å². The van der Waals surface area contributed by atoms with Gasteiger partial charge in [-0.3, -0.25) is 0 Å². The van der Waals surface area contributed by atoms with Gasteiger partial charge in [-0.2, -0.15) is 0 Å². The van der Waals surface area contributed by atoms with Gasteiger partial charge in [0, 0.05) is 16.1 Å². The Kier molecular flexibility index (Phi) is 4.47. The molecular formula is C14H13BrN2O3. The molecule has 0 aliphatic carbocycles. The Balaban J connectivity index is 2.24. The van der Waals surface area contributed by atoms with Crippen LogP contribution in [0.25, 0.3) is 0 Å². The molecule has 2 aromatic carbocycles. The maximum Gasteiger partial charge on any atom is 0.171 e. The van der Waals surface area contributed by atoms with Crippen molar-refractivity contribution in [1.82, 2.24) is 0 Å². The first-order chi connectivity index (χ1) is 9.63. The van der Waals surface area contributed by atoms with Crippen molar-refractivity contribution >= 4 is 21.8 Å². The van der Waals surface area contributed by atoms with Crippen LogP contribution in [0.4, 0.5) is 0 Å². The van der Waals surface area contributed by atoms with Crippen LogP contribution in [0.2, 0.25) is 0 Å². The largest absolute Gasteiger partial charge is 0.497 e. The van der Waals surface area contributed by atoms with Crippen molar-refractivity contribution in [3.8, 4) is 17.2 Å². The van der Waals surface area contributed by atoms with E-state index in [4.69, 9.17) is 20.4 Å². The number of ether oxygens (including phenoxy) is 2. The molecule has 0 heterocycles. The normalized spacial score (nSPS) is 11.2. The van der Waals surface area contributed by atoms with E-state index in [9.17, 15) is 0 Å². The third-order valence-corrected chi connectivity index (χ3v) is 3.26. The fourth-order valence-corrected chi connectivity index (χ4v) is 2.18. The predicted molar refractivity (Wildman–Crippen MR) is 79.7 cm³/mol. The van der Waals surface area contributed by atoms with Crippen molar-refractivity contribution in [2.75, 3.05) is 7.11 Å². The van der Waals surface area contributed by atoms with E-state index < -0.39 is 0 Å². The Labute approximate surface area is 124 Å². The van der Waals surface area contributed by atoms with Gasteiger partial charge in [0.15, 0.2) is 5.84 Å². The van der Waals surface area contributed by atoms with Gasteiger partial charge >= 0.3 is 0 Å². The highest BCUT2D eigenvalue weighted by Gasteiger charge is 2.07. The molecule has 0 aliphatic heterocycles. The van der Waals surface area contributed by atoms with E-state index in [-0.39, 0.29) is 5.84 Å². The van der Waals surface area contributed by atoms with Gasteiger partial charge in [-0.05, 0) is 46.3 Å². The molecule has 0 unspecified atom stereocenters. The predicted octanol–water partition coefficient (Wildman–Crippen LogP) is 3.34. The third-order valence-electron chi connectivity index (χ3n) is 2.60. The maximum atomic E-state index is 8.67. The lowest BCUT2D eigenvalue weighted by Crippen LogP contribution is -2.13. The maximum absolute atomic E-state index is 8.67. The summed E-state index contributed by atoms with van der Waals surface area (Å²) in [4.78, 5) is 0. The summed E-state index contributed by atoms with van der Waals surface area (Å²) in [5.74, 6) is 2.03. The van der Waals surface area contributed by atoms with Crippen molar-refractivity contribution in [1.29, 1.82) is 0 Å². The van der Waals surface area contributed by atoms with E-state index in [0.29, 0.717) is 21.5 Å². The molecule has 0 radical (unpaired) electrons. The van der Waals surface area contributed by atoms with Gasteiger partial charge in [-0.25, -0.2) is 0 Å². The van der Waals surface area contributed by atoms with Gasteiger partial charge in [0.05, 0.1) is 7.11 Å². The molecule has 0 aliphatic rings. The number of nitrogens with two attached hydrogens (primary N) is 1. The fourth-order valence-electron chi connectivity index (χ4n) is 1.62. The Bertz CT molecular complexity index is 644. The second kappa shape index (κ2) is 6.29. The summed E-state index contributed by atoms with van der Waals surface area (Å²) in [6.07, 6.45) is 0. The molecule has 2 rings (SSSR count). The van der Waals surface area contributed by atoms with E-state index >= 15 is 0 Å². The minimum absolute atomic E-state index is 0.0322. The molecule has 0 atom stereocenters. The minimum atomic E-state index is 0.0322. The van der Waals surface area contributed by atoms with Crippen LogP contribution in [-0.4, -0.2) is 18.2 Å². The lowest BCUT2D eigenvalue weighted by molar-refractivity contribution is 0.318. The molecule has 0 bridgehead atoms. The summed E-state index contributed by atoms with van der Waals surface area (Å²) < 4.78 is 11.5. The Morgan fingerprint density at radius 2 is 1.85 bits per heavy atom. The highest BCUT2D eigenvalue weighted by atomic mass is 79.9.